The van der Waals surface area contributed by atoms with E-state index in [1.807, 2.05) is 0 Å². The van der Waals surface area contributed by atoms with Crippen molar-refractivity contribution in [3.8, 4) is 5.75 Å². The number of nitro benzene ring substituents is 1. The quantitative estimate of drug-likeness (QED) is 0.628. The van der Waals surface area contributed by atoms with Crippen LogP contribution in [0.15, 0.2) is 16.6 Å². The Labute approximate surface area is 124 Å². The van der Waals surface area contributed by atoms with Gasteiger partial charge in [0.2, 0.25) is 0 Å². The van der Waals surface area contributed by atoms with Crippen LogP contribution in [0.5, 0.6) is 5.75 Å². The first kappa shape index (κ1) is 15.0. The van der Waals surface area contributed by atoms with Gasteiger partial charge in [0.1, 0.15) is 0 Å². The zero-order chi connectivity index (χ0) is 14.7. The third kappa shape index (κ3) is 3.02. The molecule has 0 radical (unpaired) electrons. The van der Waals surface area contributed by atoms with Crippen molar-refractivity contribution >= 4 is 27.3 Å². The van der Waals surface area contributed by atoms with Gasteiger partial charge < -0.3 is 20.1 Å². The van der Waals surface area contributed by atoms with Crippen molar-refractivity contribution in [2.45, 2.75) is 6.04 Å². The van der Waals surface area contributed by atoms with Crippen LogP contribution in [-0.4, -0.2) is 49.4 Å². The van der Waals surface area contributed by atoms with Crippen molar-refractivity contribution in [2.75, 3.05) is 38.3 Å². The van der Waals surface area contributed by atoms with Gasteiger partial charge in [-0.2, -0.15) is 0 Å². The number of aliphatic hydroxyl groups is 1. The van der Waals surface area contributed by atoms with Gasteiger partial charge in [-0.3, -0.25) is 10.1 Å². The molecule has 1 aromatic rings. The molecule has 0 amide bonds. The normalized spacial score (nSPS) is 18.9. The van der Waals surface area contributed by atoms with Gasteiger partial charge in [-0.1, -0.05) is 0 Å². The fourth-order valence-corrected chi connectivity index (χ4v) is 2.83. The van der Waals surface area contributed by atoms with E-state index in [1.165, 1.54) is 13.2 Å². The molecule has 1 aromatic carbocycles. The number of anilines is 1. The van der Waals surface area contributed by atoms with Crippen LogP contribution in [0.4, 0.5) is 11.4 Å². The number of benzene rings is 1. The van der Waals surface area contributed by atoms with Crippen LogP contribution in [0.25, 0.3) is 0 Å². The van der Waals surface area contributed by atoms with Crippen LogP contribution in [0.2, 0.25) is 0 Å². The second-order valence-electron chi connectivity index (χ2n) is 4.51. The van der Waals surface area contributed by atoms with Gasteiger partial charge in [-0.05, 0) is 15.9 Å². The van der Waals surface area contributed by atoms with Gasteiger partial charge in [0.25, 0.3) is 0 Å². The number of hydrogen-bond acceptors (Lipinski definition) is 6. The number of aliphatic hydroxyl groups excluding tert-OH is 1. The maximum absolute atomic E-state index is 11.0. The van der Waals surface area contributed by atoms with Crippen molar-refractivity contribution in [1.82, 2.24) is 5.32 Å². The summed E-state index contributed by atoms with van der Waals surface area (Å²) in [7, 11) is 1.41. The van der Waals surface area contributed by atoms with Crippen molar-refractivity contribution in [1.29, 1.82) is 0 Å². The molecule has 2 rings (SSSR count). The molecule has 110 valence electrons. The summed E-state index contributed by atoms with van der Waals surface area (Å²) in [6.07, 6.45) is 0. The number of nitrogens with zero attached hydrogens (tertiary/aromatic N) is 2. The van der Waals surface area contributed by atoms with Crippen molar-refractivity contribution in [3.63, 3.8) is 0 Å². The third-order valence-corrected chi connectivity index (χ3v) is 3.90. The lowest BCUT2D eigenvalue weighted by atomic mass is 10.1. The lowest BCUT2D eigenvalue weighted by Gasteiger charge is -2.35. The Morgan fingerprint density at radius 1 is 1.65 bits per heavy atom. The molecule has 0 saturated carbocycles. The molecule has 7 nitrogen and oxygen atoms in total. The molecule has 1 saturated heterocycles. The number of methoxy groups -OCH3 is 1. The second-order valence-corrected chi connectivity index (χ2v) is 5.37. The maximum Gasteiger partial charge on any atom is 0.312 e. The number of rotatable bonds is 4. The first-order chi connectivity index (χ1) is 9.56. The van der Waals surface area contributed by atoms with Crippen LogP contribution in [0.3, 0.4) is 0 Å². The van der Waals surface area contributed by atoms with E-state index >= 15 is 0 Å². The number of hydrogen-bond donors (Lipinski definition) is 2. The van der Waals surface area contributed by atoms with Gasteiger partial charge >= 0.3 is 5.69 Å². The van der Waals surface area contributed by atoms with Gasteiger partial charge in [0.05, 0.1) is 24.3 Å². The minimum atomic E-state index is -0.471. The van der Waals surface area contributed by atoms with E-state index in [1.54, 1.807) is 6.07 Å². The number of ether oxygens (including phenoxy) is 1. The molecule has 0 bridgehead atoms. The Morgan fingerprint density at radius 2 is 2.40 bits per heavy atom. The summed E-state index contributed by atoms with van der Waals surface area (Å²) in [5, 5.41) is 23.4. The predicted molar refractivity (Wildman–Crippen MR) is 78.4 cm³/mol. The number of nitro groups is 1. The Hall–Kier alpha value is -1.38. The largest absolute Gasteiger partial charge is 0.490 e. The molecule has 0 aliphatic carbocycles. The zero-order valence-electron chi connectivity index (χ0n) is 11.0. The zero-order valence-corrected chi connectivity index (χ0v) is 12.6. The van der Waals surface area contributed by atoms with E-state index in [0.29, 0.717) is 11.0 Å². The summed E-state index contributed by atoms with van der Waals surface area (Å²) in [4.78, 5) is 12.6. The highest BCUT2D eigenvalue weighted by atomic mass is 79.9. The second kappa shape index (κ2) is 6.38. The molecule has 2 N–H and O–H groups in total. The SMILES string of the molecule is COc1cc(N2CCNC(CO)C2)c(Br)cc1[N+](=O)[O-]. The predicted octanol–water partition coefficient (Wildman–Crippen LogP) is 1.14. The molecule has 20 heavy (non-hydrogen) atoms. The van der Waals surface area contributed by atoms with Crippen molar-refractivity contribution in [3.05, 3.63) is 26.7 Å². The molecule has 0 spiro atoms. The summed E-state index contributed by atoms with van der Waals surface area (Å²) in [6, 6.07) is 3.10. The van der Waals surface area contributed by atoms with Gasteiger partial charge in [0.15, 0.2) is 5.75 Å². The average Bonchev–Trinajstić information content (AvgIpc) is 2.46. The lowest BCUT2D eigenvalue weighted by Crippen LogP contribution is -2.52. The number of piperazine rings is 1. The van der Waals surface area contributed by atoms with Crippen LogP contribution >= 0.6 is 15.9 Å². The fraction of sp³-hybridized carbons (Fsp3) is 0.500. The highest BCUT2D eigenvalue weighted by Crippen LogP contribution is 2.38. The standard InChI is InChI=1S/C12H16BrN3O4/c1-20-12-5-10(9(13)4-11(12)16(18)19)15-3-2-14-8(6-15)7-17/h4-5,8,14,17H,2-3,6-7H2,1H3. The summed E-state index contributed by atoms with van der Waals surface area (Å²) in [5.41, 5.74) is 0.754. The monoisotopic (exact) mass is 345 g/mol. The highest BCUT2D eigenvalue weighted by Gasteiger charge is 2.24. The summed E-state index contributed by atoms with van der Waals surface area (Å²) in [5.74, 6) is 0.229. The molecular weight excluding hydrogens is 330 g/mol. The molecular formula is C12H16BrN3O4. The van der Waals surface area contributed by atoms with Crippen molar-refractivity contribution in [2.24, 2.45) is 0 Å². The Balaban J connectivity index is 2.34. The van der Waals surface area contributed by atoms with E-state index < -0.39 is 4.92 Å². The molecule has 0 aromatic heterocycles. The van der Waals surface area contributed by atoms with Gasteiger partial charge in [-0.25, -0.2) is 0 Å². The Morgan fingerprint density at radius 3 is 3.00 bits per heavy atom. The lowest BCUT2D eigenvalue weighted by molar-refractivity contribution is -0.385. The smallest absolute Gasteiger partial charge is 0.312 e. The summed E-state index contributed by atoms with van der Waals surface area (Å²) < 4.78 is 5.73. The van der Waals surface area contributed by atoms with E-state index in [0.717, 1.165) is 18.8 Å². The van der Waals surface area contributed by atoms with Gasteiger partial charge in [-0.15, -0.1) is 0 Å². The van der Waals surface area contributed by atoms with Crippen LogP contribution in [0, 0.1) is 10.1 Å². The first-order valence-electron chi connectivity index (χ1n) is 6.18. The van der Waals surface area contributed by atoms with Crippen molar-refractivity contribution < 1.29 is 14.8 Å². The Bertz CT molecular complexity index is 512. The molecule has 1 aliphatic heterocycles. The molecule has 1 heterocycles. The third-order valence-electron chi connectivity index (χ3n) is 3.26. The van der Waals surface area contributed by atoms with E-state index in [9.17, 15) is 15.2 Å². The molecule has 1 aliphatic rings. The average molecular weight is 346 g/mol. The number of nitrogens with one attached hydrogen (secondary N) is 1. The molecule has 1 fully saturated rings. The van der Waals surface area contributed by atoms with E-state index in [-0.39, 0.29) is 24.1 Å². The van der Waals surface area contributed by atoms with E-state index in [4.69, 9.17) is 4.74 Å². The summed E-state index contributed by atoms with van der Waals surface area (Å²) >= 11 is 3.37. The minimum Gasteiger partial charge on any atom is -0.490 e. The molecule has 1 atom stereocenters. The van der Waals surface area contributed by atoms with E-state index in [2.05, 4.69) is 26.1 Å². The minimum absolute atomic E-state index is 0.00293. The van der Waals surface area contributed by atoms with Crippen LogP contribution in [-0.2, 0) is 0 Å². The first-order valence-corrected chi connectivity index (χ1v) is 6.97. The Kier molecular flexibility index (Phi) is 4.79. The number of halogens is 1. The van der Waals surface area contributed by atoms with Crippen LogP contribution < -0.4 is 15.0 Å². The topological polar surface area (TPSA) is 87.9 Å². The highest BCUT2D eigenvalue weighted by molar-refractivity contribution is 9.10. The molecule has 8 heteroatoms. The summed E-state index contributed by atoms with van der Waals surface area (Å²) in [6.45, 7) is 2.20. The molecule has 1 unspecified atom stereocenters. The maximum atomic E-state index is 11.0. The fourth-order valence-electron chi connectivity index (χ4n) is 2.25. The van der Waals surface area contributed by atoms with Gasteiger partial charge in [0, 0.05) is 42.3 Å². The van der Waals surface area contributed by atoms with Crippen LogP contribution in [0.1, 0.15) is 0 Å².